The van der Waals surface area contributed by atoms with E-state index in [1.54, 1.807) is 0 Å². The van der Waals surface area contributed by atoms with Gasteiger partial charge < -0.3 is 20.7 Å². The van der Waals surface area contributed by atoms with Crippen molar-refractivity contribution >= 4 is 5.91 Å². The summed E-state index contributed by atoms with van der Waals surface area (Å²) in [5.74, 6) is 0.239. The number of morpholine rings is 1. The SMILES string of the molecule is NC1CCC(NCCC(=O)N2CCOCC2)C1. The average molecular weight is 241 g/mol. The lowest BCUT2D eigenvalue weighted by Gasteiger charge is -2.27. The molecular formula is C12H23N3O2. The van der Waals surface area contributed by atoms with Gasteiger partial charge in [0.05, 0.1) is 13.2 Å². The zero-order valence-electron chi connectivity index (χ0n) is 10.4. The number of rotatable bonds is 4. The zero-order chi connectivity index (χ0) is 12.1. The van der Waals surface area contributed by atoms with Gasteiger partial charge in [0.25, 0.3) is 0 Å². The van der Waals surface area contributed by atoms with E-state index >= 15 is 0 Å². The topological polar surface area (TPSA) is 67.6 Å². The first kappa shape index (κ1) is 12.8. The molecule has 5 nitrogen and oxygen atoms in total. The normalized spacial score (nSPS) is 29.6. The molecular weight excluding hydrogens is 218 g/mol. The molecule has 1 heterocycles. The van der Waals surface area contributed by atoms with Crippen LogP contribution in [0.2, 0.25) is 0 Å². The van der Waals surface area contributed by atoms with E-state index in [2.05, 4.69) is 5.32 Å². The lowest BCUT2D eigenvalue weighted by Crippen LogP contribution is -2.42. The van der Waals surface area contributed by atoms with E-state index in [-0.39, 0.29) is 5.91 Å². The lowest BCUT2D eigenvalue weighted by atomic mass is 10.2. The van der Waals surface area contributed by atoms with Crippen LogP contribution in [0.1, 0.15) is 25.7 Å². The van der Waals surface area contributed by atoms with Crippen LogP contribution < -0.4 is 11.1 Å². The van der Waals surface area contributed by atoms with Crippen LogP contribution in [0, 0.1) is 0 Å². The minimum Gasteiger partial charge on any atom is -0.378 e. The second kappa shape index (κ2) is 6.33. The van der Waals surface area contributed by atoms with E-state index in [9.17, 15) is 4.79 Å². The summed E-state index contributed by atoms with van der Waals surface area (Å²) in [5, 5.41) is 3.42. The van der Waals surface area contributed by atoms with Gasteiger partial charge in [-0.1, -0.05) is 0 Å². The fraction of sp³-hybridized carbons (Fsp3) is 0.917. The highest BCUT2D eigenvalue weighted by Crippen LogP contribution is 2.16. The molecule has 5 heteroatoms. The van der Waals surface area contributed by atoms with Crippen LogP contribution >= 0.6 is 0 Å². The van der Waals surface area contributed by atoms with Gasteiger partial charge in [-0.3, -0.25) is 4.79 Å². The van der Waals surface area contributed by atoms with Gasteiger partial charge in [0, 0.05) is 38.1 Å². The first-order chi connectivity index (χ1) is 8.25. The molecule has 1 aliphatic carbocycles. The molecule has 3 N–H and O–H groups in total. The largest absolute Gasteiger partial charge is 0.378 e. The molecule has 2 unspecified atom stereocenters. The number of hydrogen-bond donors (Lipinski definition) is 2. The van der Waals surface area contributed by atoms with E-state index in [1.165, 1.54) is 0 Å². The summed E-state index contributed by atoms with van der Waals surface area (Å²) in [5.41, 5.74) is 5.84. The predicted molar refractivity (Wildman–Crippen MR) is 65.6 cm³/mol. The third-order valence-electron chi connectivity index (χ3n) is 3.61. The van der Waals surface area contributed by atoms with Crippen LogP contribution in [0.25, 0.3) is 0 Å². The number of ether oxygens (including phenoxy) is 1. The van der Waals surface area contributed by atoms with Gasteiger partial charge in [0.2, 0.25) is 5.91 Å². The second-order valence-corrected chi connectivity index (χ2v) is 4.97. The molecule has 0 spiro atoms. The molecule has 98 valence electrons. The Bertz CT molecular complexity index is 254. The van der Waals surface area contributed by atoms with Crippen molar-refractivity contribution in [1.82, 2.24) is 10.2 Å². The molecule has 1 saturated heterocycles. The summed E-state index contributed by atoms with van der Waals surface area (Å²) in [7, 11) is 0. The van der Waals surface area contributed by atoms with Crippen LogP contribution in [0.4, 0.5) is 0 Å². The predicted octanol–water partition coefficient (Wildman–Crippen LogP) is -0.295. The third kappa shape index (κ3) is 3.94. The highest BCUT2D eigenvalue weighted by molar-refractivity contribution is 5.76. The smallest absolute Gasteiger partial charge is 0.224 e. The number of hydrogen-bond acceptors (Lipinski definition) is 4. The second-order valence-electron chi connectivity index (χ2n) is 4.97. The van der Waals surface area contributed by atoms with Crippen molar-refractivity contribution in [2.24, 2.45) is 5.73 Å². The Labute approximate surface area is 103 Å². The molecule has 0 bridgehead atoms. The van der Waals surface area contributed by atoms with Gasteiger partial charge in [-0.25, -0.2) is 0 Å². The van der Waals surface area contributed by atoms with Crippen molar-refractivity contribution in [2.45, 2.75) is 37.8 Å². The molecule has 2 rings (SSSR count). The quantitative estimate of drug-likeness (QED) is 0.709. The molecule has 2 fully saturated rings. The Kier molecular flexibility index (Phi) is 4.76. The Morgan fingerprint density at radius 3 is 2.76 bits per heavy atom. The number of nitrogens with zero attached hydrogens (tertiary/aromatic N) is 1. The first-order valence-electron chi connectivity index (χ1n) is 6.60. The highest BCUT2D eigenvalue weighted by Gasteiger charge is 2.21. The molecule has 1 aliphatic heterocycles. The van der Waals surface area contributed by atoms with Crippen molar-refractivity contribution in [2.75, 3.05) is 32.8 Å². The molecule has 2 atom stereocenters. The number of carbonyl (C=O) groups excluding carboxylic acids is 1. The molecule has 2 aliphatic rings. The maximum atomic E-state index is 11.8. The zero-order valence-corrected chi connectivity index (χ0v) is 10.4. The Balaban J connectivity index is 1.59. The monoisotopic (exact) mass is 241 g/mol. The van der Waals surface area contributed by atoms with E-state index in [1.807, 2.05) is 4.90 Å². The molecule has 1 saturated carbocycles. The number of nitrogens with one attached hydrogen (secondary N) is 1. The molecule has 17 heavy (non-hydrogen) atoms. The Hall–Kier alpha value is -0.650. The highest BCUT2D eigenvalue weighted by atomic mass is 16.5. The minimum absolute atomic E-state index is 0.239. The molecule has 0 aromatic carbocycles. The van der Waals surface area contributed by atoms with Crippen LogP contribution in [-0.4, -0.2) is 55.7 Å². The summed E-state index contributed by atoms with van der Waals surface area (Å²) in [4.78, 5) is 13.7. The van der Waals surface area contributed by atoms with Gasteiger partial charge >= 0.3 is 0 Å². The maximum absolute atomic E-state index is 11.8. The summed E-state index contributed by atoms with van der Waals surface area (Å²) in [6, 6.07) is 0.866. The van der Waals surface area contributed by atoms with E-state index < -0.39 is 0 Å². The standard InChI is InChI=1S/C12H23N3O2/c13-10-1-2-11(9-10)14-4-3-12(16)15-5-7-17-8-6-15/h10-11,14H,1-9,13H2. The van der Waals surface area contributed by atoms with Gasteiger partial charge in [-0.15, -0.1) is 0 Å². The number of carbonyl (C=O) groups is 1. The van der Waals surface area contributed by atoms with Crippen LogP contribution in [0.15, 0.2) is 0 Å². The van der Waals surface area contributed by atoms with E-state index in [0.29, 0.717) is 31.7 Å². The third-order valence-corrected chi connectivity index (χ3v) is 3.61. The fourth-order valence-electron chi connectivity index (χ4n) is 2.56. The molecule has 0 radical (unpaired) electrons. The van der Waals surface area contributed by atoms with Crippen LogP contribution in [0.5, 0.6) is 0 Å². The first-order valence-corrected chi connectivity index (χ1v) is 6.60. The summed E-state index contributed by atoms with van der Waals surface area (Å²) >= 11 is 0. The minimum atomic E-state index is 0.239. The molecule has 1 amide bonds. The summed E-state index contributed by atoms with van der Waals surface area (Å²) < 4.78 is 5.22. The van der Waals surface area contributed by atoms with Crippen molar-refractivity contribution in [3.8, 4) is 0 Å². The Morgan fingerprint density at radius 2 is 2.12 bits per heavy atom. The summed E-state index contributed by atoms with van der Waals surface area (Å²) in [6.45, 7) is 3.61. The number of amides is 1. The average Bonchev–Trinajstić information content (AvgIpc) is 2.76. The number of nitrogens with two attached hydrogens (primary N) is 1. The maximum Gasteiger partial charge on any atom is 0.224 e. The van der Waals surface area contributed by atoms with Gasteiger partial charge in [0.15, 0.2) is 0 Å². The summed E-state index contributed by atoms with van der Waals surface area (Å²) in [6.07, 6.45) is 3.89. The van der Waals surface area contributed by atoms with E-state index in [0.717, 1.165) is 38.9 Å². The lowest BCUT2D eigenvalue weighted by molar-refractivity contribution is -0.135. The van der Waals surface area contributed by atoms with Crippen molar-refractivity contribution in [3.05, 3.63) is 0 Å². The van der Waals surface area contributed by atoms with E-state index in [4.69, 9.17) is 10.5 Å². The van der Waals surface area contributed by atoms with Gasteiger partial charge in [0.1, 0.15) is 0 Å². The van der Waals surface area contributed by atoms with Crippen LogP contribution in [0.3, 0.4) is 0 Å². The van der Waals surface area contributed by atoms with Gasteiger partial charge in [-0.05, 0) is 19.3 Å². The van der Waals surface area contributed by atoms with Crippen molar-refractivity contribution in [3.63, 3.8) is 0 Å². The fourth-order valence-corrected chi connectivity index (χ4v) is 2.56. The van der Waals surface area contributed by atoms with Crippen molar-refractivity contribution < 1.29 is 9.53 Å². The molecule has 0 aromatic heterocycles. The Morgan fingerprint density at radius 1 is 1.35 bits per heavy atom. The van der Waals surface area contributed by atoms with Crippen molar-refractivity contribution in [1.29, 1.82) is 0 Å². The van der Waals surface area contributed by atoms with Gasteiger partial charge in [-0.2, -0.15) is 0 Å². The molecule has 0 aromatic rings. The van der Waals surface area contributed by atoms with Crippen LogP contribution in [-0.2, 0) is 9.53 Å².